The molecule has 0 amide bonds. The molecule has 2 aromatic heterocycles. The van der Waals surface area contributed by atoms with Crippen LogP contribution in [0.5, 0.6) is 5.75 Å². The van der Waals surface area contributed by atoms with Gasteiger partial charge in [-0.05, 0) is 36.4 Å². The van der Waals surface area contributed by atoms with Crippen LogP contribution in [0.4, 0.5) is 0 Å². The summed E-state index contributed by atoms with van der Waals surface area (Å²) in [5.74, 6) is 2.71. The largest absolute Gasteiger partial charge is 0.493 e. The number of hydrogen-bond donors (Lipinski definition) is 2. The van der Waals surface area contributed by atoms with E-state index in [1.165, 1.54) is 5.56 Å². The van der Waals surface area contributed by atoms with Crippen molar-refractivity contribution in [2.24, 2.45) is 10.9 Å². The molecule has 1 unspecified atom stereocenters. The lowest BCUT2D eigenvalue weighted by atomic mass is 10.1. The first-order valence-electron chi connectivity index (χ1n) is 10.4. The number of ether oxygens (including phenoxy) is 2. The summed E-state index contributed by atoms with van der Waals surface area (Å²) in [7, 11) is 1.75. The van der Waals surface area contributed by atoms with Crippen molar-refractivity contribution in [1.82, 2.24) is 15.6 Å². The lowest BCUT2D eigenvalue weighted by Gasteiger charge is -2.16. The molecule has 7 nitrogen and oxygen atoms in total. The molecule has 1 fully saturated rings. The van der Waals surface area contributed by atoms with Crippen LogP contribution in [0.2, 0.25) is 0 Å². The van der Waals surface area contributed by atoms with Gasteiger partial charge in [0.1, 0.15) is 12.0 Å². The van der Waals surface area contributed by atoms with Crippen LogP contribution in [-0.2, 0) is 17.8 Å². The summed E-state index contributed by atoms with van der Waals surface area (Å²) < 4.78 is 17.2. The number of nitrogens with one attached hydrogen (secondary N) is 2. The SMILES string of the molecule is CN=C(NCc1coc(-c2cccs2)n1)NCc1ccc(C)cc1OCC1CCOC1. The molecule has 1 aromatic carbocycles. The minimum absolute atomic E-state index is 0.470. The molecule has 0 spiro atoms. The standard InChI is InChI=1S/C23H28N4O3S/c1-16-5-6-18(20(10-16)29-14-17-7-8-28-13-17)11-25-23(24-2)26-12-19-15-30-22(27-19)21-4-3-9-31-21/h3-6,9-10,15,17H,7-8,11-14H2,1-2H3,(H2,24,25,26). The molecule has 0 aliphatic carbocycles. The van der Waals surface area contributed by atoms with Crippen LogP contribution in [0.1, 0.15) is 23.2 Å². The Hall–Kier alpha value is -2.84. The highest BCUT2D eigenvalue weighted by Crippen LogP contribution is 2.24. The van der Waals surface area contributed by atoms with Crippen molar-refractivity contribution >= 4 is 17.3 Å². The predicted molar refractivity (Wildman–Crippen MR) is 122 cm³/mol. The Morgan fingerprint density at radius 3 is 2.97 bits per heavy atom. The van der Waals surface area contributed by atoms with E-state index in [4.69, 9.17) is 13.9 Å². The van der Waals surface area contributed by atoms with Crippen molar-refractivity contribution < 1.29 is 13.9 Å². The number of aliphatic imine (C=N–C) groups is 1. The van der Waals surface area contributed by atoms with Crippen LogP contribution in [0.3, 0.4) is 0 Å². The number of oxazole rings is 1. The van der Waals surface area contributed by atoms with E-state index in [0.29, 0.717) is 37.5 Å². The third-order valence-corrected chi connectivity index (χ3v) is 5.97. The number of rotatable bonds is 8. The number of nitrogens with zero attached hydrogens (tertiary/aromatic N) is 2. The van der Waals surface area contributed by atoms with E-state index in [0.717, 1.165) is 41.5 Å². The Balaban J connectivity index is 1.31. The Kier molecular flexibility index (Phi) is 7.22. The first-order chi connectivity index (χ1) is 15.2. The van der Waals surface area contributed by atoms with Gasteiger partial charge in [-0.15, -0.1) is 11.3 Å². The molecule has 0 radical (unpaired) electrons. The van der Waals surface area contributed by atoms with Gasteiger partial charge in [0.05, 0.1) is 30.3 Å². The van der Waals surface area contributed by atoms with Crippen LogP contribution in [0.25, 0.3) is 10.8 Å². The molecule has 8 heteroatoms. The van der Waals surface area contributed by atoms with E-state index in [9.17, 15) is 0 Å². The maximum absolute atomic E-state index is 6.13. The van der Waals surface area contributed by atoms with E-state index < -0.39 is 0 Å². The average molecular weight is 441 g/mol. The molecule has 0 saturated carbocycles. The fourth-order valence-corrected chi connectivity index (χ4v) is 4.00. The summed E-state index contributed by atoms with van der Waals surface area (Å²) in [6, 6.07) is 10.3. The van der Waals surface area contributed by atoms with Gasteiger partial charge in [0.2, 0.25) is 5.89 Å². The lowest BCUT2D eigenvalue weighted by molar-refractivity contribution is 0.166. The van der Waals surface area contributed by atoms with Crippen molar-refractivity contribution in [3.05, 3.63) is 58.8 Å². The molecule has 1 aliphatic heterocycles. The van der Waals surface area contributed by atoms with Gasteiger partial charge in [0.25, 0.3) is 0 Å². The molecule has 3 heterocycles. The normalized spacial score (nSPS) is 16.5. The van der Waals surface area contributed by atoms with E-state index in [2.05, 4.69) is 45.7 Å². The van der Waals surface area contributed by atoms with Gasteiger partial charge in [-0.2, -0.15) is 0 Å². The minimum Gasteiger partial charge on any atom is -0.493 e. The summed E-state index contributed by atoms with van der Waals surface area (Å²) in [5.41, 5.74) is 3.09. The van der Waals surface area contributed by atoms with Gasteiger partial charge in [-0.25, -0.2) is 4.98 Å². The highest BCUT2D eigenvalue weighted by Gasteiger charge is 2.17. The van der Waals surface area contributed by atoms with E-state index in [-0.39, 0.29) is 0 Å². The monoisotopic (exact) mass is 440 g/mol. The third-order valence-electron chi connectivity index (χ3n) is 5.11. The molecule has 2 N–H and O–H groups in total. The Labute approximate surface area is 186 Å². The highest BCUT2D eigenvalue weighted by molar-refractivity contribution is 7.13. The number of benzene rings is 1. The Morgan fingerprint density at radius 2 is 2.19 bits per heavy atom. The topological polar surface area (TPSA) is 80.9 Å². The molecule has 4 rings (SSSR count). The molecule has 31 heavy (non-hydrogen) atoms. The van der Waals surface area contributed by atoms with E-state index in [1.807, 2.05) is 17.5 Å². The van der Waals surface area contributed by atoms with Crippen molar-refractivity contribution in [2.75, 3.05) is 26.9 Å². The first kappa shape index (κ1) is 21.4. The summed E-state index contributed by atoms with van der Waals surface area (Å²) in [4.78, 5) is 9.86. The van der Waals surface area contributed by atoms with Gasteiger partial charge < -0.3 is 24.5 Å². The zero-order chi connectivity index (χ0) is 21.5. The molecule has 1 saturated heterocycles. The number of aromatic nitrogens is 1. The lowest BCUT2D eigenvalue weighted by Crippen LogP contribution is -2.36. The first-order valence-corrected chi connectivity index (χ1v) is 11.3. The highest BCUT2D eigenvalue weighted by atomic mass is 32.1. The van der Waals surface area contributed by atoms with Gasteiger partial charge in [-0.1, -0.05) is 18.2 Å². The Morgan fingerprint density at radius 1 is 1.29 bits per heavy atom. The Bertz CT molecular complexity index is 994. The summed E-state index contributed by atoms with van der Waals surface area (Å²) in [6.45, 7) is 5.50. The van der Waals surface area contributed by atoms with Gasteiger partial charge in [0.15, 0.2) is 5.96 Å². The molecule has 3 aromatic rings. The quantitative estimate of drug-likeness (QED) is 0.407. The maximum atomic E-state index is 6.13. The van der Waals surface area contributed by atoms with Crippen molar-refractivity contribution in [2.45, 2.75) is 26.4 Å². The smallest absolute Gasteiger partial charge is 0.236 e. The van der Waals surface area contributed by atoms with E-state index in [1.54, 1.807) is 24.6 Å². The van der Waals surface area contributed by atoms with Crippen molar-refractivity contribution in [3.63, 3.8) is 0 Å². The van der Waals surface area contributed by atoms with Crippen LogP contribution < -0.4 is 15.4 Å². The molecular formula is C23H28N4O3S. The fraction of sp³-hybridized carbons (Fsp3) is 0.391. The molecule has 1 atom stereocenters. The van der Waals surface area contributed by atoms with Gasteiger partial charge in [-0.3, -0.25) is 4.99 Å². The zero-order valence-electron chi connectivity index (χ0n) is 17.9. The second-order valence-electron chi connectivity index (χ2n) is 7.55. The number of guanidine groups is 1. The summed E-state index contributed by atoms with van der Waals surface area (Å²) >= 11 is 1.61. The predicted octanol–water partition coefficient (Wildman–Crippen LogP) is 3.99. The second kappa shape index (κ2) is 10.5. The van der Waals surface area contributed by atoms with Crippen molar-refractivity contribution in [1.29, 1.82) is 0 Å². The van der Waals surface area contributed by atoms with Crippen LogP contribution in [0.15, 0.2) is 51.4 Å². The second-order valence-corrected chi connectivity index (χ2v) is 8.50. The van der Waals surface area contributed by atoms with Crippen molar-refractivity contribution in [3.8, 4) is 16.5 Å². The number of thiophene rings is 1. The number of aryl methyl sites for hydroxylation is 1. The summed E-state index contributed by atoms with van der Waals surface area (Å²) in [5, 5.41) is 8.65. The van der Waals surface area contributed by atoms with Gasteiger partial charge >= 0.3 is 0 Å². The van der Waals surface area contributed by atoms with Crippen LogP contribution in [0, 0.1) is 12.8 Å². The number of hydrogen-bond acceptors (Lipinski definition) is 6. The molecular weight excluding hydrogens is 412 g/mol. The van der Waals surface area contributed by atoms with E-state index >= 15 is 0 Å². The maximum Gasteiger partial charge on any atom is 0.236 e. The molecule has 164 valence electrons. The van der Waals surface area contributed by atoms with Crippen LogP contribution in [-0.4, -0.2) is 37.8 Å². The van der Waals surface area contributed by atoms with Crippen LogP contribution >= 0.6 is 11.3 Å². The minimum atomic E-state index is 0.470. The molecule has 1 aliphatic rings. The average Bonchev–Trinajstić information content (AvgIpc) is 3.55. The third kappa shape index (κ3) is 5.86. The zero-order valence-corrected chi connectivity index (χ0v) is 18.7. The fourth-order valence-electron chi connectivity index (χ4n) is 3.34. The summed E-state index contributed by atoms with van der Waals surface area (Å²) in [6.07, 6.45) is 2.74. The van der Waals surface area contributed by atoms with Gasteiger partial charge in [0, 0.05) is 31.7 Å². The molecule has 0 bridgehead atoms.